The number of hydrogen-bond donors (Lipinski definition) is 1. The molecule has 1 saturated carbocycles. The van der Waals surface area contributed by atoms with E-state index in [1.54, 1.807) is 0 Å². The standard InChI is InChI=1S/C7H12O2/c1-6(8)3-4-7(2)5(6)9-7/h5,8H,3-4H2,1-2H3. The lowest BCUT2D eigenvalue weighted by Crippen LogP contribution is -2.27. The van der Waals surface area contributed by atoms with Gasteiger partial charge in [-0.2, -0.15) is 0 Å². The summed E-state index contributed by atoms with van der Waals surface area (Å²) in [6.45, 7) is 3.93. The molecule has 0 spiro atoms. The molecule has 52 valence electrons. The zero-order valence-corrected chi connectivity index (χ0v) is 5.85. The second kappa shape index (κ2) is 1.18. The summed E-state index contributed by atoms with van der Waals surface area (Å²) in [5.74, 6) is 0. The molecule has 9 heavy (non-hydrogen) atoms. The first-order valence-corrected chi connectivity index (χ1v) is 3.45. The Hall–Kier alpha value is -0.0800. The van der Waals surface area contributed by atoms with Crippen molar-refractivity contribution < 1.29 is 9.84 Å². The molecular weight excluding hydrogens is 116 g/mol. The average molecular weight is 128 g/mol. The van der Waals surface area contributed by atoms with Crippen LogP contribution in [0.3, 0.4) is 0 Å². The predicted octanol–water partition coefficient (Wildman–Crippen LogP) is 0.689. The van der Waals surface area contributed by atoms with E-state index in [2.05, 4.69) is 6.92 Å². The maximum atomic E-state index is 9.54. The number of fused-ring (bicyclic) bond motifs is 1. The largest absolute Gasteiger partial charge is 0.387 e. The van der Waals surface area contributed by atoms with Crippen LogP contribution >= 0.6 is 0 Å². The topological polar surface area (TPSA) is 32.8 Å². The zero-order valence-electron chi connectivity index (χ0n) is 5.85. The van der Waals surface area contributed by atoms with Crippen molar-refractivity contribution in [1.82, 2.24) is 0 Å². The summed E-state index contributed by atoms with van der Waals surface area (Å²) in [5.41, 5.74) is -0.488. The van der Waals surface area contributed by atoms with E-state index in [4.69, 9.17) is 4.74 Å². The molecule has 3 atom stereocenters. The Morgan fingerprint density at radius 3 is 2.22 bits per heavy atom. The highest BCUT2D eigenvalue weighted by atomic mass is 16.6. The normalized spacial score (nSPS) is 63.7. The van der Waals surface area contributed by atoms with Gasteiger partial charge in [-0.05, 0) is 26.7 Å². The molecule has 1 heterocycles. The van der Waals surface area contributed by atoms with E-state index in [0.717, 1.165) is 12.8 Å². The first kappa shape index (κ1) is 5.69. The minimum atomic E-state index is -0.533. The van der Waals surface area contributed by atoms with Crippen LogP contribution in [-0.2, 0) is 4.74 Å². The summed E-state index contributed by atoms with van der Waals surface area (Å²) < 4.78 is 5.31. The van der Waals surface area contributed by atoms with Gasteiger partial charge >= 0.3 is 0 Å². The lowest BCUT2D eigenvalue weighted by Gasteiger charge is -2.14. The number of aliphatic hydroxyl groups is 1. The van der Waals surface area contributed by atoms with Gasteiger partial charge in [0.05, 0.1) is 11.2 Å². The van der Waals surface area contributed by atoms with Crippen LogP contribution in [0.15, 0.2) is 0 Å². The molecule has 0 aromatic carbocycles. The lowest BCUT2D eigenvalue weighted by atomic mass is 10.0. The molecule has 0 radical (unpaired) electrons. The van der Waals surface area contributed by atoms with Gasteiger partial charge in [0.2, 0.25) is 0 Å². The molecule has 1 aliphatic heterocycles. The number of ether oxygens (including phenoxy) is 1. The first-order valence-electron chi connectivity index (χ1n) is 3.45. The minimum absolute atomic E-state index is 0.0451. The second-order valence-corrected chi connectivity index (χ2v) is 3.67. The van der Waals surface area contributed by atoms with Gasteiger partial charge in [-0.3, -0.25) is 0 Å². The molecular formula is C7H12O2. The van der Waals surface area contributed by atoms with Crippen LogP contribution in [0.4, 0.5) is 0 Å². The molecule has 0 aromatic heterocycles. The lowest BCUT2D eigenvalue weighted by molar-refractivity contribution is 0.0185. The molecule has 2 aliphatic rings. The van der Waals surface area contributed by atoms with Crippen LogP contribution < -0.4 is 0 Å². The van der Waals surface area contributed by atoms with Gasteiger partial charge in [-0.25, -0.2) is 0 Å². The number of rotatable bonds is 0. The Morgan fingerprint density at radius 1 is 1.44 bits per heavy atom. The highest BCUT2D eigenvalue weighted by Gasteiger charge is 2.65. The zero-order chi connectivity index (χ0) is 6.70. The van der Waals surface area contributed by atoms with Gasteiger partial charge in [-0.15, -0.1) is 0 Å². The Labute approximate surface area is 54.8 Å². The average Bonchev–Trinajstić information content (AvgIpc) is 2.35. The van der Waals surface area contributed by atoms with E-state index in [-0.39, 0.29) is 11.7 Å². The monoisotopic (exact) mass is 128 g/mol. The maximum absolute atomic E-state index is 9.54. The van der Waals surface area contributed by atoms with Crippen molar-refractivity contribution in [1.29, 1.82) is 0 Å². The number of hydrogen-bond acceptors (Lipinski definition) is 2. The van der Waals surface area contributed by atoms with Gasteiger partial charge < -0.3 is 9.84 Å². The van der Waals surface area contributed by atoms with Crippen LogP contribution in [0, 0.1) is 0 Å². The van der Waals surface area contributed by atoms with Crippen LogP contribution in [0.5, 0.6) is 0 Å². The molecule has 0 amide bonds. The highest BCUT2D eigenvalue weighted by molar-refractivity contribution is 5.14. The molecule has 3 unspecified atom stereocenters. The van der Waals surface area contributed by atoms with E-state index in [0.29, 0.717) is 0 Å². The first-order chi connectivity index (χ1) is 4.05. The third-order valence-electron chi connectivity index (χ3n) is 2.58. The Bertz CT molecular complexity index is 153. The summed E-state index contributed by atoms with van der Waals surface area (Å²) in [6, 6.07) is 0. The summed E-state index contributed by atoms with van der Waals surface area (Å²) >= 11 is 0. The Balaban J connectivity index is 2.21. The van der Waals surface area contributed by atoms with Gasteiger partial charge in [0.1, 0.15) is 6.10 Å². The van der Waals surface area contributed by atoms with Crippen LogP contribution in [0.1, 0.15) is 26.7 Å². The van der Waals surface area contributed by atoms with Crippen molar-refractivity contribution in [3.63, 3.8) is 0 Å². The van der Waals surface area contributed by atoms with Crippen LogP contribution in [0.25, 0.3) is 0 Å². The molecule has 2 fully saturated rings. The molecule has 2 heteroatoms. The fourth-order valence-corrected chi connectivity index (χ4v) is 1.84. The van der Waals surface area contributed by atoms with Crippen LogP contribution in [-0.4, -0.2) is 22.4 Å². The van der Waals surface area contributed by atoms with Gasteiger partial charge in [0, 0.05) is 0 Å². The van der Waals surface area contributed by atoms with Crippen LogP contribution in [0.2, 0.25) is 0 Å². The van der Waals surface area contributed by atoms with Crippen molar-refractivity contribution >= 4 is 0 Å². The fraction of sp³-hybridized carbons (Fsp3) is 1.00. The van der Waals surface area contributed by atoms with Crippen molar-refractivity contribution in [2.75, 3.05) is 0 Å². The third-order valence-corrected chi connectivity index (χ3v) is 2.58. The van der Waals surface area contributed by atoms with Gasteiger partial charge in [0.15, 0.2) is 0 Å². The van der Waals surface area contributed by atoms with E-state index < -0.39 is 5.60 Å². The number of epoxide rings is 1. The summed E-state index contributed by atoms with van der Waals surface area (Å²) in [7, 11) is 0. The highest BCUT2D eigenvalue weighted by Crippen LogP contribution is 2.54. The maximum Gasteiger partial charge on any atom is 0.115 e. The van der Waals surface area contributed by atoms with E-state index in [1.807, 2.05) is 6.92 Å². The van der Waals surface area contributed by atoms with Crippen molar-refractivity contribution in [3.05, 3.63) is 0 Å². The minimum Gasteiger partial charge on any atom is -0.387 e. The molecule has 1 saturated heterocycles. The quantitative estimate of drug-likeness (QED) is 0.487. The summed E-state index contributed by atoms with van der Waals surface area (Å²) in [5, 5.41) is 9.54. The Morgan fingerprint density at radius 2 is 2.11 bits per heavy atom. The molecule has 1 aliphatic carbocycles. The van der Waals surface area contributed by atoms with Crippen molar-refractivity contribution in [2.45, 2.75) is 44.0 Å². The van der Waals surface area contributed by atoms with E-state index >= 15 is 0 Å². The third kappa shape index (κ3) is 0.578. The van der Waals surface area contributed by atoms with E-state index in [1.165, 1.54) is 0 Å². The van der Waals surface area contributed by atoms with E-state index in [9.17, 15) is 5.11 Å². The van der Waals surface area contributed by atoms with Crippen molar-refractivity contribution in [2.24, 2.45) is 0 Å². The van der Waals surface area contributed by atoms with Gasteiger partial charge in [0.25, 0.3) is 0 Å². The molecule has 0 bridgehead atoms. The summed E-state index contributed by atoms with van der Waals surface area (Å²) in [4.78, 5) is 0. The van der Waals surface area contributed by atoms with Crippen molar-refractivity contribution in [3.8, 4) is 0 Å². The summed E-state index contributed by atoms with van der Waals surface area (Å²) in [6.07, 6.45) is 2.05. The van der Waals surface area contributed by atoms with Gasteiger partial charge in [-0.1, -0.05) is 0 Å². The molecule has 0 aromatic rings. The molecule has 1 N–H and O–H groups in total. The second-order valence-electron chi connectivity index (χ2n) is 3.67. The Kier molecular flexibility index (Phi) is 0.746. The predicted molar refractivity (Wildman–Crippen MR) is 33.1 cm³/mol. The SMILES string of the molecule is CC1(O)CCC2(C)OC12. The smallest absolute Gasteiger partial charge is 0.115 e. The fourth-order valence-electron chi connectivity index (χ4n) is 1.84. The molecule has 2 nitrogen and oxygen atoms in total. The molecule has 2 rings (SSSR count).